The Morgan fingerprint density at radius 1 is 0.239 bits per heavy atom. The minimum Gasteiger partial charge on any atom is -0.456 e. The number of nitrogens with zero attached hydrogens (tertiary/aromatic N) is 6. The van der Waals surface area contributed by atoms with Crippen molar-refractivity contribution in [3.8, 4) is 90.3 Å². The van der Waals surface area contributed by atoms with Crippen LogP contribution in [0.5, 0.6) is 0 Å². The number of hydrogen-bond donors (Lipinski definition) is 0. The number of hydrogen-bond acceptors (Lipinski definition) is 6. The van der Waals surface area contributed by atoms with E-state index in [1.54, 1.807) is 0 Å². The van der Waals surface area contributed by atoms with Crippen LogP contribution < -0.4 is 0 Å². The van der Waals surface area contributed by atoms with Crippen LogP contribution in [0.1, 0.15) is 0 Å². The molecule has 0 aliphatic carbocycles. The highest BCUT2D eigenvalue weighted by atomic mass is 16.3. The molecule has 0 bridgehead atoms. The molecule has 0 unspecified atom stereocenters. The van der Waals surface area contributed by atoms with Crippen molar-refractivity contribution in [3.63, 3.8) is 0 Å². The number of aromatic nitrogens is 6. The van der Waals surface area contributed by atoms with Crippen molar-refractivity contribution in [3.05, 3.63) is 291 Å². The molecule has 0 saturated carbocycles. The molecule has 8 heteroatoms. The average molecular weight is 1130 g/mol. The van der Waals surface area contributed by atoms with Crippen molar-refractivity contribution in [1.29, 1.82) is 0 Å². The quantitative estimate of drug-likeness (QED) is 0.143. The molecule has 0 atom stereocenters. The van der Waals surface area contributed by atoms with E-state index in [2.05, 4.69) is 270 Å². The van der Waals surface area contributed by atoms with Gasteiger partial charge < -0.3 is 18.0 Å². The molecule has 0 aliphatic rings. The van der Waals surface area contributed by atoms with E-state index in [0.717, 1.165) is 155 Å². The Morgan fingerprint density at radius 2 is 0.670 bits per heavy atom. The maximum absolute atomic E-state index is 7.07. The van der Waals surface area contributed by atoms with Gasteiger partial charge in [-0.15, -0.1) is 0 Å². The second-order valence-corrected chi connectivity index (χ2v) is 22.4. The number of furan rings is 2. The normalized spacial score (nSPS) is 11.9. The number of rotatable bonds is 9. The van der Waals surface area contributed by atoms with E-state index in [0.29, 0.717) is 11.6 Å². The molecule has 0 radical (unpaired) electrons. The summed E-state index contributed by atoms with van der Waals surface area (Å²) in [6.45, 7) is 0. The van der Waals surface area contributed by atoms with Crippen molar-refractivity contribution in [2.45, 2.75) is 0 Å². The summed E-state index contributed by atoms with van der Waals surface area (Å²) in [5, 5.41) is 8.74. The van der Waals surface area contributed by atoms with Gasteiger partial charge in [-0.1, -0.05) is 194 Å². The topological polar surface area (TPSA) is 87.7 Å². The van der Waals surface area contributed by atoms with Crippen molar-refractivity contribution >= 4 is 87.5 Å². The van der Waals surface area contributed by atoms with Gasteiger partial charge in [0.1, 0.15) is 22.3 Å². The third kappa shape index (κ3) is 7.86. The first-order valence-electron chi connectivity index (χ1n) is 29.6. The van der Waals surface area contributed by atoms with Crippen LogP contribution in [0.25, 0.3) is 178 Å². The smallest absolute Gasteiger partial charge is 0.162 e. The van der Waals surface area contributed by atoms with Gasteiger partial charge in [-0.3, -0.25) is 0 Å². The van der Waals surface area contributed by atoms with Gasteiger partial charge in [-0.05, 0) is 103 Å². The van der Waals surface area contributed by atoms with Gasteiger partial charge in [-0.25, -0.2) is 19.9 Å². The SMILES string of the molecule is c1ccc(-c2cc(-c3ccc4oc5ccccc5c4c3)nc(-c3ccccc3-n3c4ccccc4c4cc(-c5cccc6c5oc5cccc(-c7cc(-c8ccccc8)nc(-c8ccccc8-n8c9ccccc9c9ccccc98)n7)c56)ccc43)n2)cc1. The predicted octanol–water partition coefficient (Wildman–Crippen LogP) is 20.9. The summed E-state index contributed by atoms with van der Waals surface area (Å²) < 4.78 is 18.0. The van der Waals surface area contributed by atoms with Gasteiger partial charge in [0, 0.05) is 82.0 Å². The highest BCUT2D eigenvalue weighted by molar-refractivity contribution is 6.17. The van der Waals surface area contributed by atoms with Crippen LogP contribution in [0.15, 0.2) is 300 Å². The van der Waals surface area contributed by atoms with Gasteiger partial charge in [-0.2, -0.15) is 0 Å². The third-order valence-corrected chi connectivity index (χ3v) is 17.4. The summed E-state index contributed by atoms with van der Waals surface area (Å²) >= 11 is 0. The van der Waals surface area contributed by atoms with Crippen molar-refractivity contribution in [1.82, 2.24) is 29.1 Å². The van der Waals surface area contributed by atoms with Gasteiger partial charge in [0.05, 0.1) is 56.2 Å². The van der Waals surface area contributed by atoms with Gasteiger partial charge in [0.25, 0.3) is 0 Å². The molecule has 12 aromatic carbocycles. The Hall–Kier alpha value is -12.0. The van der Waals surface area contributed by atoms with Crippen molar-refractivity contribution < 1.29 is 8.83 Å². The summed E-state index contributed by atoms with van der Waals surface area (Å²) in [6, 6.07) is 102. The third-order valence-electron chi connectivity index (χ3n) is 17.4. The molecule has 0 amide bonds. The van der Waals surface area contributed by atoms with Crippen molar-refractivity contribution in [2.75, 3.05) is 0 Å². The van der Waals surface area contributed by atoms with E-state index >= 15 is 0 Å². The largest absolute Gasteiger partial charge is 0.456 e. The monoisotopic (exact) mass is 1120 g/mol. The van der Waals surface area contributed by atoms with Crippen LogP contribution in [-0.2, 0) is 0 Å². The molecule has 0 spiro atoms. The van der Waals surface area contributed by atoms with E-state index in [-0.39, 0.29) is 0 Å². The highest BCUT2D eigenvalue weighted by Gasteiger charge is 2.24. The molecule has 18 rings (SSSR count). The lowest BCUT2D eigenvalue weighted by atomic mass is 9.98. The molecule has 0 fully saturated rings. The summed E-state index contributed by atoms with van der Waals surface area (Å²) in [4.78, 5) is 21.7. The molecule has 6 aromatic heterocycles. The maximum atomic E-state index is 7.07. The Kier molecular flexibility index (Phi) is 11.1. The standard InChI is InChI=1S/C80H48N6O2/c1-3-21-49(22-4-1)64-47-66(52-42-44-75-63(46-52)57-28-12-18-39-74(57)87-75)83-79(81-64)59-29-10-17-38-72(59)86-70-36-15-9-27-56(70)62-45-51(41-43-73(62)86)53-31-19-33-61-77-58(32-20-40-76(77)88-78(53)61)67-48-65(50-23-5-2-6-24-50)82-80(84-67)60-30-11-16-37-71(60)85-68-34-13-7-25-54(68)55-26-8-14-35-69(55)85/h1-48H. The van der Waals surface area contributed by atoms with Gasteiger partial charge >= 0.3 is 0 Å². The van der Waals surface area contributed by atoms with Crippen LogP contribution in [0.3, 0.4) is 0 Å². The Labute approximate surface area is 504 Å². The van der Waals surface area contributed by atoms with Crippen molar-refractivity contribution in [2.24, 2.45) is 0 Å². The minimum absolute atomic E-state index is 0.626. The Bertz CT molecular complexity index is 5780. The van der Waals surface area contributed by atoms with E-state index in [1.807, 2.05) is 30.3 Å². The van der Waals surface area contributed by atoms with Crippen LogP contribution >= 0.6 is 0 Å². The van der Waals surface area contributed by atoms with E-state index in [9.17, 15) is 0 Å². The zero-order chi connectivity index (χ0) is 57.8. The molecule has 0 saturated heterocycles. The highest BCUT2D eigenvalue weighted by Crippen LogP contribution is 2.45. The average Bonchev–Trinajstić information content (AvgIpc) is 3.28. The second kappa shape index (κ2) is 19.8. The molecular formula is C80H48N6O2. The number of para-hydroxylation sites is 7. The van der Waals surface area contributed by atoms with Crippen LogP contribution in [-0.4, -0.2) is 29.1 Å². The van der Waals surface area contributed by atoms with E-state index < -0.39 is 0 Å². The fourth-order valence-corrected chi connectivity index (χ4v) is 13.4. The lowest BCUT2D eigenvalue weighted by Crippen LogP contribution is -2.01. The zero-order valence-corrected chi connectivity index (χ0v) is 47.2. The molecule has 88 heavy (non-hydrogen) atoms. The molecule has 8 nitrogen and oxygen atoms in total. The molecule has 0 N–H and O–H groups in total. The number of fused-ring (bicyclic) bond motifs is 12. The van der Waals surface area contributed by atoms with Crippen LogP contribution in [0, 0.1) is 0 Å². The van der Waals surface area contributed by atoms with E-state index in [1.165, 1.54) is 10.8 Å². The Balaban J connectivity index is 0.777. The fraction of sp³-hybridized carbons (Fsp3) is 0. The fourth-order valence-electron chi connectivity index (χ4n) is 13.4. The maximum Gasteiger partial charge on any atom is 0.162 e. The predicted molar refractivity (Wildman–Crippen MR) is 359 cm³/mol. The van der Waals surface area contributed by atoms with Gasteiger partial charge in [0.15, 0.2) is 11.6 Å². The lowest BCUT2D eigenvalue weighted by Gasteiger charge is -2.15. The summed E-state index contributed by atoms with van der Waals surface area (Å²) in [6.07, 6.45) is 0. The number of benzene rings is 12. The summed E-state index contributed by atoms with van der Waals surface area (Å²) in [5.41, 5.74) is 20.7. The molecule has 6 heterocycles. The molecule has 18 aromatic rings. The van der Waals surface area contributed by atoms with Crippen LogP contribution in [0.4, 0.5) is 0 Å². The van der Waals surface area contributed by atoms with Crippen LogP contribution in [0.2, 0.25) is 0 Å². The Morgan fingerprint density at radius 3 is 1.32 bits per heavy atom. The first kappa shape index (κ1) is 49.4. The first-order valence-corrected chi connectivity index (χ1v) is 29.6. The minimum atomic E-state index is 0.626. The zero-order valence-electron chi connectivity index (χ0n) is 47.2. The molecule has 0 aliphatic heterocycles. The molecular weight excluding hydrogens is 1080 g/mol. The summed E-state index contributed by atoms with van der Waals surface area (Å²) in [7, 11) is 0. The molecule has 410 valence electrons. The first-order chi connectivity index (χ1) is 43.6. The second-order valence-electron chi connectivity index (χ2n) is 22.4. The van der Waals surface area contributed by atoms with Gasteiger partial charge in [0.2, 0.25) is 0 Å². The lowest BCUT2D eigenvalue weighted by molar-refractivity contribution is 0.669. The van der Waals surface area contributed by atoms with E-state index in [4.69, 9.17) is 28.8 Å². The summed E-state index contributed by atoms with van der Waals surface area (Å²) in [5.74, 6) is 1.26.